The average Bonchev–Trinajstić information content (AvgIpc) is 3.38. The predicted octanol–water partition coefficient (Wildman–Crippen LogP) is 13.6. The molecule has 0 atom stereocenters. The van der Waals surface area contributed by atoms with Crippen molar-refractivity contribution >= 4 is 43.1 Å². The summed E-state index contributed by atoms with van der Waals surface area (Å²) >= 11 is 0. The third-order valence-corrected chi connectivity index (χ3v) is 11.0. The summed E-state index contributed by atoms with van der Waals surface area (Å²) in [7, 11) is 0. The van der Waals surface area contributed by atoms with E-state index in [0.717, 1.165) is 0 Å². The number of benzene rings is 9. The minimum absolute atomic E-state index is 0.0317. The van der Waals surface area contributed by atoms with E-state index in [1.165, 1.54) is 98.7 Å². The highest BCUT2D eigenvalue weighted by Crippen LogP contribution is 2.52. The molecule has 0 aromatic heterocycles. The molecule has 0 amide bonds. The summed E-state index contributed by atoms with van der Waals surface area (Å²) in [4.78, 5) is 0. The maximum Gasteiger partial charge on any atom is 0.0158 e. The van der Waals surface area contributed by atoms with Crippen molar-refractivity contribution in [1.29, 1.82) is 0 Å². The highest BCUT2D eigenvalue weighted by atomic mass is 14.4. The van der Waals surface area contributed by atoms with Crippen LogP contribution in [0.15, 0.2) is 170 Å². The largest absolute Gasteiger partial charge is 0.0619 e. The summed E-state index contributed by atoms with van der Waals surface area (Å²) in [6.45, 7) is 4.72. The van der Waals surface area contributed by atoms with Gasteiger partial charge in [-0.25, -0.2) is 0 Å². The Morgan fingerprint density at radius 1 is 0.306 bits per heavy atom. The van der Waals surface area contributed by atoms with E-state index < -0.39 is 0 Å². The van der Waals surface area contributed by atoms with Gasteiger partial charge in [0, 0.05) is 5.41 Å². The lowest BCUT2D eigenvalue weighted by molar-refractivity contribution is 0.660. The summed E-state index contributed by atoms with van der Waals surface area (Å²) in [5, 5.41) is 10.2. The van der Waals surface area contributed by atoms with Crippen LogP contribution in [0.5, 0.6) is 0 Å². The van der Waals surface area contributed by atoms with E-state index in [2.05, 4.69) is 184 Å². The molecule has 49 heavy (non-hydrogen) atoms. The molecule has 0 aliphatic heterocycles. The smallest absolute Gasteiger partial charge is 0.0158 e. The molecule has 230 valence electrons. The second-order valence-corrected chi connectivity index (χ2v) is 14.1. The van der Waals surface area contributed by atoms with Crippen molar-refractivity contribution in [3.8, 4) is 44.5 Å². The third-order valence-electron chi connectivity index (χ3n) is 11.0. The van der Waals surface area contributed by atoms with Crippen LogP contribution in [0.3, 0.4) is 0 Å². The van der Waals surface area contributed by atoms with Crippen LogP contribution in [0.25, 0.3) is 87.6 Å². The first-order valence-corrected chi connectivity index (χ1v) is 17.3. The molecular weight excluding hydrogens is 589 g/mol. The molecule has 0 saturated heterocycles. The van der Waals surface area contributed by atoms with Crippen LogP contribution in [-0.2, 0) is 5.41 Å². The van der Waals surface area contributed by atoms with E-state index in [1.54, 1.807) is 0 Å². The van der Waals surface area contributed by atoms with Gasteiger partial charge in [-0.2, -0.15) is 0 Å². The molecule has 0 fully saturated rings. The number of rotatable bonds is 3. The molecule has 1 aliphatic rings. The summed E-state index contributed by atoms with van der Waals surface area (Å²) < 4.78 is 0. The van der Waals surface area contributed by atoms with Gasteiger partial charge in [-0.15, -0.1) is 0 Å². The monoisotopic (exact) mass is 622 g/mol. The molecule has 0 nitrogen and oxygen atoms in total. The molecule has 0 heterocycles. The topological polar surface area (TPSA) is 0 Å². The van der Waals surface area contributed by atoms with Crippen LogP contribution in [0.4, 0.5) is 0 Å². The van der Waals surface area contributed by atoms with Crippen LogP contribution in [-0.4, -0.2) is 0 Å². The summed E-state index contributed by atoms with van der Waals surface area (Å²) in [5.74, 6) is 0. The molecule has 0 heteroatoms. The summed E-state index contributed by atoms with van der Waals surface area (Å²) in [6.07, 6.45) is 0. The van der Waals surface area contributed by atoms with E-state index >= 15 is 0 Å². The van der Waals surface area contributed by atoms with Gasteiger partial charge in [-0.1, -0.05) is 166 Å². The number of hydrogen-bond donors (Lipinski definition) is 0. The van der Waals surface area contributed by atoms with Crippen LogP contribution in [0.2, 0.25) is 0 Å². The average molecular weight is 623 g/mol. The van der Waals surface area contributed by atoms with Gasteiger partial charge in [-0.3, -0.25) is 0 Å². The Morgan fingerprint density at radius 3 is 1.73 bits per heavy atom. The molecule has 10 rings (SSSR count). The maximum atomic E-state index is 2.46. The van der Waals surface area contributed by atoms with Crippen LogP contribution >= 0.6 is 0 Å². The SMILES string of the molecule is CC1(C)c2ccccc2-c2cc(-c3c4ccccc4c(-c4cccc5ccccc45)c4ccc(-c5ccc6ccccc6c5)cc34)ccc21. The zero-order valence-electron chi connectivity index (χ0n) is 27.7. The van der Waals surface area contributed by atoms with Gasteiger partial charge in [0.05, 0.1) is 0 Å². The normalized spacial score (nSPS) is 13.3. The van der Waals surface area contributed by atoms with E-state index in [9.17, 15) is 0 Å². The standard InChI is InChI=1S/C49H34/c1-49(2)45-21-10-9-17-38(45)43-30-36(25-27-46(43)49)47-40-18-7-8-19-41(40)48(39-20-11-15-32-13-5-6-16-37(32)39)42-26-24-35(29-44(42)47)34-23-22-31-12-3-4-14-33(31)28-34/h3-30H,1-2H3. The lowest BCUT2D eigenvalue weighted by Gasteiger charge is -2.22. The Morgan fingerprint density at radius 2 is 0.878 bits per heavy atom. The Balaban J connectivity index is 1.32. The Kier molecular flexibility index (Phi) is 6.02. The van der Waals surface area contributed by atoms with Gasteiger partial charge in [0.25, 0.3) is 0 Å². The van der Waals surface area contributed by atoms with Crippen molar-refractivity contribution in [2.75, 3.05) is 0 Å². The molecule has 9 aromatic carbocycles. The minimum Gasteiger partial charge on any atom is -0.0619 e. The molecule has 0 N–H and O–H groups in total. The number of fused-ring (bicyclic) bond motifs is 7. The third kappa shape index (κ3) is 4.17. The van der Waals surface area contributed by atoms with Gasteiger partial charge in [0.1, 0.15) is 0 Å². The van der Waals surface area contributed by atoms with Crippen molar-refractivity contribution < 1.29 is 0 Å². The Bertz CT molecular complexity index is 2790. The van der Waals surface area contributed by atoms with Crippen molar-refractivity contribution in [2.45, 2.75) is 19.3 Å². The van der Waals surface area contributed by atoms with Crippen LogP contribution in [0.1, 0.15) is 25.0 Å². The molecule has 9 aromatic rings. The predicted molar refractivity (Wildman–Crippen MR) is 210 cm³/mol. The van der Waals surface area contributed by atoms with Gasteiger partial charge in [0.2, 0.25) is 0 Å². The fourth-order valence-corrected chi connectivity index (χ4v) is 8.65. The maximum absolute atomic E-state index is 2.46. The molecule has 0 unspecified atom stereocenters. The zero-order valence-corrected chi connectivity index (χ0v) is 27.7. The number of hydrogen-bond acceptors (Lipinski definition) is 0. The quantitative estimate of drug-likeness (QED) is 0.172. The molecule has 0 spiro atoms. The van der Waals surface area contributed by atoms with Crippen molar-refractivity contribution in [1.82, 2.24) is 0 Å². The first kappa shape index (κ1) is 28.1. The molecule has 0 saturated carbocycles. The van der Waals surface area contributed by atoms with E-state index in [-0.39, 0.29) is 5.41 Å². The van der Waals surface area contributed by atoms with Crippen molar-refractivity contribution in [3.63, 3.8) is 0 Å². The van der Waals surface area contributed by atoms with Gasteiger partial charge < -0.3 is 0 Å². The highest BCUT2D eigenvalue weighted by Gasteiger charge is 2.35. The van der Waals surface area contributed by atoms with Gasteiger partial charge in [-0.05, 0) is 117 Å². The van der Waals surface area contributed by atoms with Crippen molar-refractivity contribution in [2.24, 2.45) is 0 Å². The first-order valence-electron chi connectivity index (χ1n) is 17.3. The highest BCUT2D eigenvalue weighted by molar-refractivity contribution is 6.24. The van der Waals surface area contributed by atoms with E-state index in [0.29, 0.717) is 0 Å². The molecular formula is C49H34. The van der Waals surface area contributed by atoms with Crippen LogP contribution < -0.4 is 0 Å². The van der Waals surface area contributed by atoms with Crippen LogP contribution in [0, 0.1) is 0 Å². The Hall–Kier alpha value is -5.98. The molecule has 0 radical (unpaired) electrons. The van der Waals surface area contributed by atoms with Gasteiger partial charge >= 0.3 is 0 Å². The second kappa shape index (κ2) is 10.5. The minimum atomic E-state index is -0.0317. The first-order chi connectivity index (χ1) is 24.1. The molecule has 1 aliphatic carbocycles. The fraction of sp³-hybridized carbons (Fsp3) is 0.0612. The van der Waals surface area contributed by atoms with Crippen molar-refractivity contribution in [3.05, 3.63) is 181 Å². The van der Waals surface area contributed by atoms with E-state index in [1.807, 2.05) is 0 Å². The summed E-state index contributed by atoms with van der Waals surface area (Å²) in [6, 6.07) is 63.3. The zero-order chi connectivity index (χ0) is 32.7. The lowest BCUT2D eigenvalue weighted by Crippen LogP contribution is -2.14. The fourth-order valence-electron chi connectivity index (χ4n) is 8.65. The Labute approximate surface area is 286 Å². The summed E-state index contributed by atoms with van der Waals surface area (Å²) in [5.41, 5.74) is 13.0. The lowest BCUT2D eigenvalue weighted by atomic mass is 9.81. The van der Waals surface area contributed by atoms with Gasteiger partial charge in [0.15, 0.2) is 0 Å². The molecule has 0 bridgehead atoms. The van der Waals surface area contributed by atoms with E-state index in [4.69, 9.17) is 0 Å². The second-order valence-electron chi connectivity index (χ2n) is 14.1.